The molecular weight excluding hydrogens is 336 g/mol. The molecule has 0 spiro atoms. The Kier molecular flexibility index (Phi) is 6.84. The molecule has 3 unspecified atom stereocenters. The van der Waals surface area contributed by atoms with E-state index in [2.05, 4.69) is 37.3 Å². The zero-order valence-electron chi connectivity index (χ0n) is 16.3. The van der Waals surface area contributed by atoms with Crippen molar-refractivity contribution in [1.29, 1.82) is 0 Å². The van der Waals surface area contributed by atoms with Crippen LogP contribution < -0.4 is 0 Å². The lowest BCUT2D eigenvalue weighted by atomic mass is 9.89. The van der Waals surface area contributed by atoms with Crippen LogP contribution in [0, 0.1) is 0 Å². The second kappa shape index (κ2) is 9.32. The van der Waals surface area contributed by atoms with Gasteiger partial charge in [0.1, 0.15) is 6.10 Å². The number of aliphatic hydroxyl groups is 1. The third-order valence-electron chi connectivity index (χ3n) is 5.11. The number of ether oxygens (including phenoxy) is 2. The molecule has 3 atom stereocenters. The minimum absolute atomic E-state index is 0.0555. The first-order chi connectivity index (χ1) is 13.0. The highest BCUT2D eigenvalue weighted by Gasteiger charge is 2.31. The van der Waals surface area contributed by atoms with E-state index >= 15 is 0 Å². The van der Waals surface area contributed by atoms with Crippen LogP contribution in [-0.4, -0.2) is 23.9 Å². The fourth-order valence-electron chi connectivity index (χ4n) is 3.44. The summed E-state index contributed by atoms with van der Waals surface area (Å²) in [6, 6.07) is 20.4. The van der Waals surface area contributed by atoms with Crippen LogP contribution in [0.3, 0.4) is 0 Å². The smallest absolute Gasteiger partial charge is 0.101 e. The molecule has 1 fully saturated rings. The lowest BCUT2D eigenvalue weighted by Crippen LogP contribution is -2.34. The Balaban J connectivity index is 0.000000156. The lowest BCUT2D eigenvalue weighted by molar-refractivity contribution is -0.0952. The molecule has 2 aromatic carbocycles. The zero-order valence-corrected chi connectivity index (χ0v) is 16.3. The van der Waals surface area contributed by atoms with Gasteiger partial charge in [-0.05, 0) is 37.8 Å². The van der Waals surface area contributed by atoms with E-state index in [0.717, 1.165) is 25.0 Å². The summed E-state index contributed by atoms with van der Waals surface area (Å²) < 4.78 is 11.3. The second-order valence-corrected chi connectivity index (χ2v) is 7.69. The van der Waals surface area contributed by atoms with Gasteiger partial charge in [0, 0.05) is 6.42 Å². The Morgan fingerprint density at radius 2 is 1.52 bits per heavy atom. The first-order valence-electron chi connectivity index (χ1n) is 9.76. The summed E-state index contributed by atoms with van der Waals surface area (Å²) in [4.78, 5) is 0. The van der Waals surface area contributed by atoms with Gasteiger partial charge in [0.15, 0.2) is 0 Å². The normalized spacial score (nSPS) is 27.9. The molecule has 0 saturated carbocycles. The van der Waals surface area contributed by atoms with Crippen molar-refractivity contribution >= 4 is 0 Å². The van der Waals surface area contributed by atoms with Crippen molar-refractivity contribution in [1.82, 2.24) is 0 Å². The average Bonchev–Trinajstić information content (AvgIpc) is 2.69. The largest absolute Gasteiger partial charge is 0.390 e. The molecule has 1 N–H and O–H groups in total. The van der Waals surface area contributed by atoms with Gasteiger partial charge in [-0.1, -0.05) is 72.3 Å². The highest BCUT2D eigenvalue weighted by molar-refractivity contribution is 5.24. The molecule has 144 valence electrons. The van der Waals surface area contributed by atoms with E-state index in [1.807, 2.05) is 43.3 Å². The molecule has 1 saturated heterocycles. The van der Waals surface area contributed by atoms with E-state index in [4.69, 9.17) is 9.47 Å². The molecule has 3 nitrogen and oxygen atoms in total. The molecule has 2 aliphatic rings. The summed E-state index contributed by atoms with van der Waals surface area (Å²) in [7, 11) is 0. The van der Waals surface area contributed by atoms with Crippen LogP contribution >= 0.6 is 0 Å². The van der Waals surface area contributed by atoms with Gasteiger partial charge in [-0.15, -0.1) is 0 Å². The van der Waals surface area contributed by atoms with Gasteiger partial charge in [0.2, 0.25) is 0 Å². The number of rotatable bonds is 2. The van der Waals surface area contributed by atoms with Crippen LogP contribution in [0.25, 0.3) is 0 Å². The van der Waals surface area contributed by atoms with E-state index < -0.39 is 5.60 Å². The third kappa shape index (κ3) is 6.03. The molecule has 0 amide bonds. The Bertz CT molecular complexity index is 722. The molecule has 0 aromatic heterocycles. The molecule has 0 bridgehead atoms. The molecule has 4 rings (SSSR count). The van der Waals surface area contributed by atoms with Crippen molar-refractivity contribution in [2.24, 2.45) is 0 Å². The van der Waals surface area contributed by atoms with E-state index in [1.54, 1.807) is 0 Å². The fourth-order valence-corrected chi connectivity index (χ4v) is 3.44. The Labute approximate surface area is 162 Å². The summed E-state index contributed by atoms with van der Waals surface area (Å²) in [5.41, 5.74) is 3.27. The van der Waals surface area contributed by atoms with Crippen LogP contribution in [0.5, 0.6) is 0 Å². The highest BCUT2D eigenvalue weighted by atomic mass is 16.5. The van der Waals surface area contributed by atoms with E-state index in [9.17, 15) is 5.11 Å². The maximum Gasteiger partial charge on any atom is 0.101 e. The molecule has 2 aliphatic heterocycles. The lowest BCUT2D eigenvalue weighted by Gasteiger charge is -2.34. The van der Waals surface area contributed by atoms with Gasteiger partial charge in [-0.25, -0.2) is 0 Å². The third-order valence-corrected chi connectivity index (χ3v) is 5.11. The minimum atomic E-state index is -0.571. The van der Waals surface area contributed by atoms with Gasteiger partial charge < -0.3 is 14.6 Å². The summed E-state index contributed by atoms with van der Waals surface area (Å²) in [6.45, 7) is 5.54. The van der Waals surface area contributed by atoms with Crippen LogP contribution in [0.15, 0.2) is 72.3 Å². The molecule has 27 heavy (non-hydrogen) atoms. The van der Waals surface area contributed by atoms with Crippen molar-refractivity contribution < 1.29 is 14.6 Å². The van der Waals surface area contributed by atoms with Gasteiger partial charge in [-0.2, -0.15) is 0 Å². The van der Waals surface area contributed by atoms with Gasteiger partial charge >= 0.3 is 0 Å². The van der Waals surface area contributed by atoms with Crippen molar-refractivity contribution in [3.8, 4) is 0 Å². The Hall–Kier alpha value is -1.94. The van der Waals surface area contributed by atoms with Crippen molar-refractivity contribution in [3.05, 3.63) is 83.4 Å². The van der Waals surface area contributed by atoms with Crippen LogP contribution in [-0.2, 0) is 9.47 Å². The van der Waals surface area contributed by atoms with Crippen molar-refractivity contribution in [3.63, 3.8) is 0 Å². The zero-order chi connectivity index (χ0) is 19.1. The quantitative estimate of drug-likeness (QED) is 0.725. The summed E-state index contributed by atoms with van der Waals surface area (Å²) in [5, 5.41) is 9.93. The van der Waals surface area contributed by atoms with Crippen LogP contribution in [0.4, 0.5) is 0 Å². The molecule has 2 aromatic rings. The van der Waals surface area contributed by atoms with Crippen molar-refractivity contribution in [2.45, 2.75) is 50.9 Å². The maximum absolute atomic E-state index is 9.93. The molecule has 0 radical (unpaired) electrons. The summed E-state index contributed by atoms with van der Waals surface area (Å²) in [5.74, 6) is 0. The summed E-state index contributed by atoms with van der Waals surface area (Å²) in [6.07, 6.45) is 4.94. The standard InChI is InChI=1S/C12H16O2.C12H14O/c1-12(13)7-8-14-11(9-12)10-5-3-2-4-6-10;1-10-7-8-13-12(9-10)11-5-3-2-4-6-11/h2-6,11,13H,7-9H2,1H3;2-6,9,12H,7-8H2,1H3. The van der Waals surface area contributed by atoms with Gasteiger partial charge in [-0.3, -0.25) is 0 Å². The maximum atomic E-state index is 9.93. The molecule has 0 aliphatic carbocycles. The Morgan fingerprint density at radius 1 is 0.889 bits per heavy atom. The Morgan fingerprint density at radius 3 is 2.11 bits per heavy atom. The number of benzene rings is 2. The predicted molar refractivity (Wildman–Crippen MR) is 109 cm³/mol. The second-order valence-electron chi connectivity index (χ2n) is 7.69. The summed E-state index contributed by atoms with van der Waals surface area (Å²) >= 11 is 0. The van der Waals surface area contributed by atoms with E-state index in [0.29, 0.717) is 13.0 Å². The fraction of sp³-hybridized carbons (Fsp3) is 0.417. The highest BCUT2D eigenvalue weighted by Crippen LogP contribution is 2.33. The minimum Gasteiger partial charge on any atom is -0.390 e. The van der Waals surface area contributed by atoms with Crippen LogP contribution in [0.2, 0.25) is 0 Å². The monoisotopic (exact) mass is 366 g/mol. The first-order valence-corrected chi connectivity index (χ1v) is 9.76. The van der Waals surface area contributed by atoms with Crippen molar-refractivity contribution in [2.75, 3.05) is 13.2 Å². The van der Waals surface area contributed by atoms with Crippen LogP contribution in [0.1, 0.15) is 56.4 Å². The van der Waals surface area contributed by atoms with E-state index in [-0.39, 0.29) is 12.2 Å². The topological polar surface area (TPSA) is 38.7 Å². The van der Waals surface area contributed by atoms with Gasteiger partial charge in [0.05, 0.1) is 24.9 Å². The van der Waals surface area contributed by atoms with E-state index in [1.165, 1.54) is 11.1 Å². The number of hydrogen-bond acceptors (Lipinski definition) is 3. The number of hydrogen-bond donors (Lipinski definition) is 1. The molecule has 2 heterocycles. The first kappa shape index (κ1) is 19.8. The molecule has 3 heteroatoms. The SMILES string of the molecule is CC1(O)CCOC(c2ccccc2)C1.CC1=CC(c2ccccc2)OCC1. The van der Waals surface area contributed by atoms with Gasteiger partial charge in [0.25, 0.3) is 0 Å². The molecular formula is C24H30O3. The predicted octanol–water partition coefficient (Wildman–Crippen LogP) is 5.38. The average molecular weight is 367 g/mol.